The number of carbonyl (C=O) groups excluding carboxylic acids is 2. The summed E-state index contributed by atoms with van der Waals surface area (Å²) < 4.78 is 5.11. The van der Waals surface area contributed by atoms with Crippen molar-refractivity contribution in [2.24, 2.45) is 5.92 Å². The molecule has 1 amide bonds. The molecule has 2 aromatic rings. The van der Waals surface area contributed by atoms with E-state index in [2.05, 4.69) is 0 Å². The highest BCUT2D eigenvalue weighted by molar-refractivity contribution is 5.95. The molecular formula is C20H23NO5. The Morgan fingerprint density at radius 2 is 1.62 bits per heavy atom. The van der Waals surface area contributed by atoms with Crippen molar-refractivity contribution in [1.29, 1.82) is 0 Å². The van der Waals surface area contributed by atoms with Crippen molar-refractivity contribution in [3.8, 4) is 0 Å². The zero-order valence-electron chi connectivity index (χ0n) is 14.6. The Kier molecular flexibility index (Phi) is 7.32. The number of aliphatic hydroxyl groups is 2. The highest BCUT2D eigenvalue weighted by atomic mass is 16.5. The van der Waals surface area contributed by atoms with Crippen LogP contribution in [0, 0.1) is 5.92 Å². The summed E-state index contributed by atoms with van der Waals surface area (Å²) in [5.41, 5.74) is 1.04. The highest BCUT2D eigenvalue weighted by Gasteiger charge is 2.30. The smallest absolute Gasteiger partial charge is 0.338 e. The molecule has 0 saturated carbocycles. The Morgan fingerprint density at radius 3 is 2.19 bits per heavy atom. The molecule has 138 valence electrons. The predicted molar refractivity (Wildman–Crippen MR) is 97.8 cm³/mol. The number of anilines is 1. The maximum Gasteiger partial charge on any atom is 0.338 e. The molecule has 0 bridgehead atoms. The van der Waals surface area contributed by atoms with Crippen molar-refractivity contribution in [3.05, 3.63) is 66.2 Å². The lowest BCUT2D eigenvalue weighted by molar-refractivity contribution is -0.127. The third-order valence-corrected chi connectivity index (χ3v) is 4.09. The topological polar surface area (TPSA) is 87.1 Å². The first-order chi connectivity index (χ1) is 12.5. The molecule has 0 heterocycles. The van der Waals surface area contributed by atoms with Crippen molar-refractivity contribution >= 4 is 17.6 Å². The molecule has 0 aliphatic carbocycles. The van der Waals surface area contributed by atoms with E-state index in [9.17, 15) is 19.8 Å². The second-order valence-electron chi connectivity index (χ2n) is 5.88. The van der Waals surface area contributed by atoms with Gasteiger partial charge < -0.3 is 19.8 Å². The summed E-state index contributed by atoms with van der Waals surface area (Å²) in [6, 6.07) is 17.4. The van der Waals surface area contributed by atoms with Gasteiger partial charge in [-0.2, -0.15) is 0 Å². The maximum absolute atomic E-state index is 12.7. The number of hydrogen-bond acceptors (Lipinski definition) is 5. The standard InChI is InChI=1S/C20H23NO5/c1-21(16-10-6-3-7-11-16)19(24)17(12-13-22)18(23)14-26-20(25)15-8-4-2-5-9-15/h2-11,17-18,22-23H,12-14H2,1H3/t17-,18-/m0/s1. The fraction of sp³-hybridized carbons (Fsp3) is 0.300. The summed E-state index contributed by atoms with van der Waals surface area (Å²) in [6.45, 7) is -0.588. The lowest BCUT2D eigenvalue weighted by Gasteiger charge is -2.26. The van der Waals surface area contributed by atoms with Gasteiger partial charge in [0.1, 0.15) is 6.61 Å². The number of rotatable bonds is 8. The summed E-state index contributed by atoms with van der Waals surface area (Å²) in [4.78, 5) is 26.1. The van der Waals surface area contributed by atoms with Crippen LogP contribution in [0.2, 0.25) is 0 Å². The van der Waals surface area contributed by atoms with E-state index in [1.165, 1.54) is 4.90 Å². The number of amides is 1. The van der Waals surface area contributed by atoms with E-state index >= 15 is 0 Å². The van der Waals surface area contributed by atoms with Crippen molar-refractivity contribution < 1.29 is 24.5 Å². The summed E-state index contributed by atoms with van der Waals surface area (Å²) >= 11 is 0. The molecule has 6 heteroatoms. The maximum atomic E-state index is 12.7. The van der Waals surface area contributed by atoms with Gasteiger partial charge in [-0.05, 0) is 30.7 Å². The van der Waals surface area contributed by atoms with Gasteiger partial charge in [-0.1, -0.05) is 36.4 Å². The van der Waals surface area contributed by atoms with E-state index < -0.39 is 18.0 Å². The van der Waals surface area contributed by atoms with Crippen LogP contribution in [0.1, 0.15) is 16.8 Å². The van der Waals surface area contributed by atoms with Crippen LogP contribution in [0.15, 0.2) is 60.7 Å². The molecule has 0 unspecified atom stereocenters. The SMILES string of the molecule is CN(C(=O)[C@@H](CCO)[C@@H](O)COC(=O)c1ccccc1)c1ccccc1. The summed E-state index contributed by atoms with van der Waals surface area (Å²) in [7, 11) is 1.60. The molecule has 26 heavy (non-hydrogen) atoms. The molecule has 0 spiro atoms. The van der Waals surface area contributed by atoms with Crippen LogP contribution in [-0.4, -0.2) is 48.5 Å². The van der Waals surface area contributed by atoms with Crippen LogP contribution < -0.4 is 4.90 Å². The van der Waals surface area contributed by atoms with Gasteiger partial charge in [-0.25, -0.2) is 4.79 Å². The zero-order chi connectivity index (χ0) is 18.9. The fourth-order valence-electron chi connectivity index (χ4n) is 2.58. The van der Waals surface area contributed by atoms with Crippen LogP contribution in [0.3, 0.4) is 0 Å². The number of carbonyl (C=O) groups is 2. The van der Waals surface area contributed by atoms with Crippen molar-refractivity contribution in [3.63, 3.8) is 0 Å². The monoisotopic (exact) mass is 357 g/mol. The number of nitrogens with zero attached hydrogens (tertiary/aromatic N) is 1. The van der Waals surface area contributed by atoms with E-state index in [1.54, 1.807) is 61.6 Å². The average molecular weight is 357 g/mol. The largest absolute Gasteiger partial charge is 0.459 e. The Hall–Kier alpha value is -2.70. The quantitative estimate of drug-likeness (QED) is 0.704. The first-order valence-electron chi connectivity index (χ1n) is 8.38. The van der Waals surface area contributed by atoms with Gasteiger partial charge in [0.2, 0.25) is 5.91 Å². The van der Waals surface area contributed by atoms with E-state index in [4.69, 9.17) is 4.74 Å². The predicted octanol–water partition coefficient (Wildman–Crippen LogP) is 1.87. The second kappa shape index (κ2) is 9.70. The minimum Gasteiger partial charge on any atom is -0.459 e. The zero-order valence-corrected chi connectivity index (χ0v) is 14.6. The average Bonchev–Trinajstić information content (AvgIpc) is 2.70. The van der Waals surface area contributed by atoms with Crippen molar-refractivity contribution in [2.75, 3.05) is 25.2 Å². The van der Waals surface area contributed by atoms with E-state index in [1.807, 2.05) is 6.07 Å². The summed E-state index contributed by atoms with van der Waals surface area (Å²) in [5.74, 6) is -1.81. The number of hydrogen-bond donors (Lipinski definition) is 2. The molecule has 2 atom stereocenters. The lowest BCUT2D eigenvalue weighted by Crippen LogP contribution is -2.41. The molecule has 0 radical (unpaired) electrons. The summed E-state index contributed by atoms with van der Waals surface area (Å²) in [5, 5.41) is 19.6. The Labute approximate surface area is 152 Å². The molecule has 0 aliphatic heterocycles. The first-order valence-corrected chi connectivity index (χ1v) is 8.38. The molecule has 2 rings (SSSR count). The van der Waals surface area contributed by atoms with Crippen molar-refractivity contribution in [2.45, 2.75) is 12.5 Å². The number of benzene rings is 2. The van der Waals surface area contributed by atoms with Crippen molar-refractivity contribution in [1.82, 2.24) is 0 Å². The van der Waals surface area contributed by atoms with Gasteiger partial charge >= 0.3 is 5.97 Å². The third kappa shape index (κ3) is 5.15. The van der Waals surface area contributed by atoms with Crippen LogP contribution in [-0.2, 0) is 9.53 Å². The minimum atomic E-state index is -1.21. The molecule has 6 nitrogen and oxygen atoms in total. The van der Waals surface area contributed by atoms with E-state index in [0.29, 0.717) is 11.3 Å². The van der Waals surface area contributed by atoms with Crippen LogP contribution in [0.25, 0.3) is 0 Å². The van der Waals surface area contributed by atoms with Gasteiger partial charge in [0.05, 0.1) is 17.6 Å². The first kappa shape index (κ1) is 19.6. The lowest BCUT2D eigenvalue weighted by atomic mass is 9.97. The van der Waals surface area contributed by atoms with E-state index in [0.717, 1.165) is 0 Å². The molecule has 0 aliphatic rings. The number of para-hydroxylation sites is 1. The molecule has 0 aromatic heterocycles. The highest BCUT2D eigenvalue weighted by Crippen LogP contribution is 2.19. The van der Waals surface area contributed by atoms with Crippen LogP contribution >= 0.6 is 0 Å². The Balaban J connectivity index is 2.01. The fourth-order valence-corrected chi connectivity index (χ4v) is 2.58. The minimum absolute atomic E-state index is 0.0695. The second-order valence-corrected chi connectivity index (χ2v) is 5.88. The normalized spacial score (nSPS) is 12.9. The van der Waals surface area contributed by atoms with Crippen LogP contribution in [0.4, 0.5) is 5.69 Å². The van der Waals surface area contributed by atoms with Gasteiger partial charge in [0, 0.05) is 19.3 Å². The third-order valence-electron chi connectivity index (χ3n) is 4.09. The number of aliphatic hydroxyl groups excluding tert-OH is 2. The molecular weight excluding hydrogens is 334 g/mol. The number of ether oxygens (including phenoxy) is 1. The molecule has 2 N–H and O–H groups in total. The van der Waals surface area contributed by atoms with Crippen LogP contribution in [0.5, 0.6) is 0 Å². The Bertz CT molecular complexity index is 705. The molecule has 2 aromatic carbocycles. The molecule has 0 saturated heterocycles. The van der Waals surface area contributed by atoms with Gasteiger partial charge in [-0.15, -0.1) is 0 Å². The number of esters is 1. The van der Waals surface area contributed by atoms with Gasteiger partial charge in [0.25, 0.3) is 0 Å². The van der Waals surface area contributed by atoms with Gasteiger partial charge in [0.15, 0.2) is 0 Å². The Morgan fingerprint density at radius 1 is 1.04 bits per heavy atom. The van der Waals surface area contributed by atoms with E-state index in [-0.39, 0.29) is 25.5 Å². The van der Waals surface area contributed by atoms with Gasteiger partial charge in [-0.3, -0.25) is 4.79 Å². The summed E-state index contributed by atoms with van der Waals surface area (Å²) in [6.07, 6.45) is -1.14. The molecule has 0 fully saturated rings.